The van der Waals surface area contributed by atoms with Gasteiger partial charge in [0.15, 0.2) is 0 Å². The molecule has 4 heteroatoms. The quantitative estimate of drug-likeness (QED) is 0.684. The van der Waals surface area contributed by atoms with Crippen LogP contribution >= 0.6 is 0 Å². The van der Waals surface area contributed by atoms with Crippen LogP contribution in [0, 0.1) is 0 Å². The van der Waals surface area contributed by atoms with Crippen molar-refractivity contribution in [2.75, 3.05) is 37.4 Å². The van der Waals surface area contributed by atoms with Crippen LogP contribution in [0.4, 0.5) is 11.4 Å². The number of hydrogen-bond donors (Lipinski definition) is 2. The van der Waals surface area contributed by atoms with Crippen molar-refractivity contribution in [3.05, 3.63) is 18.5 Å². The maximum atomic E-state index is 5.42. The molecule has 0 aliphatic heterocycles. The normalized spacial score (nSPS) is 9.93. The third-order valence-electron chi connectivity index (χ3n) is 1.98. The van der Waals surface area contributed by atoms with Crippen molar-refractivity contribution in [3.8, 4) is 0 Å². The molecule has 1 aromatic heterocycles. The number of nitrogens with zero attached hydrogens (tertiary/aromatic N) is 2. The Morgan fingerprint density at radius 1 is 1.50 bits per heavy atom. The minimum absolute atomic E-state index is 0.713. The minimum Gasteiger partial charge on any atom is -0.382 e. The van der Waals surface area contributed by atoms with Crippen LogP contribution in [0.2, 0.25) is 0 Å². The average molecular weight is 194 g/mol. The number of rotatable bonds is 5. The highest BCUT2D eigenvalue weighted by Crippen LogP contribution is 2.21. The summed E-state index contributed by atoms with van der Waals surface area (Å²) in [6, 6.07) is 1.99. The van der Waals surface area contributed by atoms with Crippen LogP contribution in [0.25, 0.3) is 0 Å². The van der Waals surface area contributed by atoms with Gasteiger partial charge < -0.3 is 16.0 Å². The van der Waals surface area contributed by atoms with Gasteiger partial charge in [0.2, 0.25) is 0 Å². The summed E-state index contributed by atoms with van der Waals surface area (Å²) in [6.45, 7) is 1.60. The lowest BCUT2D eigenvalue weighted by Gasteiger charge is -2.17. The Labute approximate surface area is 85.1 Å². The van der Waals surface area contributed by atoms with Crippen LogP contribution in [0.15, 0.2) is 18.5 Å². The van der Waals surface area contributed by atoms with Gasteiger partial charge in [-0.15, -0.1) is 0 Å². The topological polar surface area (TPSA) is 54.2 Å². The van der Waals surface area contributed by atoms with E-state index in [1.54, 1.807) is 6.20 Å². The fourth-order valence-electron chi connectivity index (χ4n) is 1.24. The molecule has 0 aliphatic carbocycles. The fraction of sp³-hybridized carbons (Fsp3) is 0.500. The zero-order chi connectivity index (χ0) is 10.4. The molecule has 0 aliphatic rings. The van der Waals surface area contributed by atoms with Crippen LogP contribution in [-0.2, 0) is 0 Å². The number of pyridine rings is 1. The largest absolute Gasteiger partial charge is 0.382 e. The van der Waals surface area contributed by atoms with Gasteiger partial charge in [-0.25, -0.2) is 0 Å². The molecule has 0 bridgehead atoms. The molecule has 14 heavy (non-hydrogen) atoms. The second kappa shape index (κ2) is 5.44. The van der Waals surface area contributed by atoms with E-state index in [2.05, 4.69) is 15.2 Å². The van der Waals surface area contributed by atoms with E-state index in [9.17, 15) is 0 Å². The molecular weight excluding hydrogens is 176 g/mol. The molecule has 0 saturated carbocycles. The Morgan fingerprint density at radius 3 is 2.93 bits per heavy atom. The van der Waals surface area contributed by atoms with Crippen molar-refractivity contribution in [2.45, 2.75) is 6.42 Å². The fourth-order valence-corrected chi connectivity index (χ4v) is 1.24. The summed E-state index contributed by atoms with van der Waals surface area (Å²) in [7, 11) is 4.03. The van der Waals surface area contributed by atoms with Crippen molar-refractivity contribution >= 4 is 11.4 Å². The lowest BCUT2D eigenvalue weighted by atomic mass is 10.3. The summed E-state index contributed by atoms with van der Waals surface area (Å²) in [5.74, 6) is 0. The van der Waals surface area contributed by atoms with Gasteiger partial charge in [0.1, 0.15) is 0 Å². The van der Waals surface area contributed by atoms with Crippen molar-refractivity contribution in [1.82, 2.24) is 4.98 Å². The Balaban J connectivity index is 2.64. The summed E-state index contributed by atoms with van der Waals surface area (Å²) < 4.78 is 0. The van der Waals surface area contributed by atoms with Gasteiger partial charge in [-0.1, -0.05) is 0 Å². The molecule has 0 unspecified atom stereocenters. The zero-order valence-corrected chi connectivity index (χ0v) is 8.83. The van der Waals surface area contributed by atoms with Gasteiger partial charge >= 0.3 is 0 Å². The predicted octanol–water partition coefficient (Wildman–Crippen LogP) is 0.908. The van der Waals surface area contributed by atoms with Gasteiger partial charge in [0.05, 0.1) is 17.6 Å². The standard InChI is InChI=1S/C10H18N4/c1-14(2)10-4-7-12-8-9(10)13-6-3-5-11/h4,7-8,13H,3,5-6,11H2,1-2H3. The molecule has 0 saturated heterocycles. The van der Waals surface area contributed by atoms with E-state index in [-0.39, 0.29) is 0 Å². The van der Waals surface area contributed by atoms with Crippen LogP contribution in [0.5, 0.6) is 0 Å². The summed E-state index contributed by atoms with van der Waals surface area (Å²) in [6.07, 6.45) is 4.61. The van der Waals surface area contributed by atoms with Gasteiger partial charge in [-0.3, -0.25) is 4.98 Å². The first-order valence-electron chi connectivity index (χ1n) is 4.81. The number of aromatic nitrogens is 1. The smallest absolute Gasteiger partial charge is 0.0764 e. The second-order valence-electron chi connectivity index (χ2n) is 3.36. The van der Waals surface area contributed by atoms with Crippen molar-refractivity contribution in [2.24, 2.45) is 5.73 Å². The Hall–Kier alpha value is -1.29. The molecule has 1 aromatic rings. The van der Waals surface area contributed by atoms with E-state index in [4.69, 9.17) is 5.73 Å². The maximum Gasteiger partial charge on any atom is 0.0764 e. The molecule has 1 rings (SSSR count). The molecule has 0 spiro atoms. The van der Waals surface area contributed by atoms with Crippen LogP contribution < -0.4 is 16.0 Å². The van der Waals surface area contributed by atoms with Gasteiger partial charge in [0.25, 0.3) is 0 Å². The lowest BCUT2D eigenvalue weighted by Crippen LogP contribution is -2.14. The van der Waals surface area contributed by atoms with E-state index in [1.165, 1.54) is 0 Å². The molecule has 0 radical (unpaired) electrons. The predicted molar refractivity (Wildman–Crippen MR) is 60.7 cm³/mol. The number of hydrogen-bond acceptors (Lipinski definition) is 4. The maximum absolute atomic E-state index is 5.42. The summed E-state index contributed by atoms with van der Waals surface area (Å²) in [5, 5.41) is 3.31. The number of anilines is 2. The lowest BCUT2D eigenvalue weighted by molar-refractivity contribution is 0.873. The van der Waals surface area contributed by atoms with Crippen LogP contribution in [-0.4, -0.2) is 32.2 Å². The summed E-state index contributed by atoms with van der Waals surface area (Å²) >= 11 is 0. The second-order valence-corrected chi connectivity index (χ2v) is 3.36. The van der Waals surface area contributed by atoms with E-state index in [1.807, 2.05) is 26.4 Å². The van der Waals surface area contributed by atoms with Gasteiger partial charge in [-0.05, 0) is 19.0 Å². The van der Waals surface area contributed by atoms with E-state index in [0.717, 1.165) is 24.3 Å². The molecule has 0 aromatic carbocycles. The third kappa shape index (κ3) is 2.88. The molecule has 0 fully saturated rings. The molecule has 0 atom stereocenters. The van der Waals surface area contributed by atoms with Crippen LogP contribution in [0.3, 0.4) is 0 Å². The SMILES string of the molecule is CN(C)c1ccncc1NCCCN. The summed E-state index contributed by atoms with van der Waals surface area (Å²) in [4.78, 5) is 6.15. The highest BCUT2D eigenvalue weighted by Gasteiger charge is 2.02. The number of nitrogens with one attached hydrogen (secondary N) is 1. The Kier molecular flexibility index (Phi) is 4.19. The minimum atomic E-state index is 0.713. The highest BCUT2D eigenvalue weighted by molar-refractivity contribution is 5.67. The Bertz CT molecular complexity index is 273. The van der Waals surface area contributed by atoms with E-state index < -0.39 is 0 Å². The molecule has 3 N–H and O–H groups in total. The molecule has 78 valence electrons. The highest BCUT2D eigenvalue weighted by atomic mass is 15.1. The van der Waals surface area contributed by atoms with Crippen molar-refractivity contribution in [3.63, 3.8) is 0 Å². The average Bonchev–Trinajstić information content (AvgIpc) is 2.19. The van der Waals surface area contributed by atoms with E-state index in [0.29, 0.717) is 6.54 Å². The Morgan fingerprint density at radius 2 is 2.29 bits per heavy atom. The third-order valence-corrected chi connectivity index (χ3v) is 1.98. The van der Waals surface area contributed by atoms with Crippen molar-refractivity contribution in [1.29, 1.82) is 0 Å². The zero-order valence-electron chi connectivity index (χ0n) is 8.83. The van der Waals surface area contributed by atoms with Crippen LogP contribution in [0.1, 0.15) is 6.42 Å². The molecule has 1 heterocycles. The van der Waals surface area contributed by atoms with Crippen molar-refractivity contribution < 1.29 is 0 Å². The first-order valence-corrected chi connectivity index (χ1v) is 4.81. The molecule has 4 nitrogen and oxygen atoms in total. The van der Waals surface area contributed by atoms with Gasteiger partial charge in [-0.2, -0.15) is 0 Å². The van der Waals surface area contributed by atoms with E-state index >= 15 is 0 Å². The monoisotopic (exact) mass is 194 g/mol. The summed E-state index contributed by atoms with van der Waals surface area (Å²) in [5.41, 5.74) is 7.64. The number of nitrogens with two attached hydrogens (primary N) is 1. The first kappa shape index (κ1) is 10.8. The molecular formula is C10H18N4. The first-order chi connectivity index (χ1) is 6.75. The van der Waals surface area contributed by atoms with Gasteiger partial charge in [0, 0.05) is 26.8 Å². The molecule has 0 amide bonds.